The number of aliphatic hydroxyl groups is 1. The molecule has 0 aliphatic carbocycles. The molecule has 1 aromatic carbocycles. The van der Waals surface area contributed by atoms with Crippen molar-refractivity contribution in [3.63, 3.8) is 0 Å². The summed E-state index contributed by atoms with van der Waals surface area (Å²) < 4.78 is 0. The Kier molecular flexibility index (Phi) is 4.80. The van der Waals surface area contributed by atoms with E-state index in [9.17, 15) is 9.90 Å². The third-order valence-corrected chi connectivity index (χ3v) is 3.71. The van der Waals surface area contributed by atoms with Crippen molar-refractivity contribution in [3.05, 3.63) is 34.9 Å². The first kappa shape index (κ1) is 14.3. The predicted molar refractivity (Wildman–Crippen MR) is 74.9 cm³/mol. The van der Waals surface area contributed by atoms with Crippen molar-refractivity contribution in [1.29, 1.82) is 0 Å². The molecule has 0 radical (unpaired) electrons. The maximum absolute atomic E-state index is 11.1. The molecule has 5 heteroatoms. The molecule has 104 valence electrons. The van der Waals surface area contributed by atoms with Crippen LogP contribution in [0.4, 0.5) is 0 Å². The summed E-state index contributed by atoms with van der Waals surface area (Å²) in [6, 6.07) is 7.79. The number of rotatable bonds is 4. The standard InChI is InChI=1S/C14H19ClN2O2/c1-10(19)16-14-8-17(7-12(14)9-18)6-11-2-4-13(15)5-3-11/h2-5,12,14,18H,6-9H2,1H3,(H,16,19)/t12-,14+/m0/s1. The second kappa shape index (κ2) is 6.37. The minimum atomic E-state index is -0.0446. The van der Waals surface area contributed by atoms with Crippen LogP contribution in [0.2, 0.25) is 5.02 Å². The molecule has 1 aliphatic heterocycles. The molecule has 1 aliphatic rings. The van der Waals surface area contributed by atoms with Crippen LogP contribution in [-0.4, -0.2) is 41.7 Å². The number of nitrogens with one attached hydrogen (secondary N) is 1. The maximum atomic E-state index is 11.1. The van der Waals surface area contributed by atoms with E-state index in [1.165, 1.54) is 12.5 Å². The first-order chi connectivity index (χ1) is 9.08. The first-order valence-corrected chi connectivity index (χ1v) is 6.81. The smallest absolute Gasteiger partial charge is 0.217 e. The van der Waals surface area contributed by atoms with Crippen molar-refractivity contribution >= 4 is 17.5 Å². The molecule has 2 N–H and O–H groups in total. The summed E-state index contributed by atoms with van der Waals surface area (Å²) in [5.74, 6) is 0.0630. The number of likely N-dealkylation sites (tertiary alicyclic amines) is 1. The number of hydrogen-bond donors (Lipinski definition) is 2. The lowest BCUT2D eigenvalue weighted by molar-refractivity contribution is -0.119. The molecule has 0 aromatic heterocycles. The lowest BCUT2D eigenvalue weighted by Gasteiger charge is -2.16. The third kappa shape index (κ3) is 3.93. The minimum absolute atomic E-state index is 0.0369. The fourth-order valence-electron chi connectivity index (χ4n) is 2.55. The number of carbonyl (C=O) groups excluding carboxylic acids is 1. The van der Waals surface area contributed by atoms with Gasteiger partial charge in [0.1, 0.15) is 0 Å². The Balaban J connectivity index is 1.95. The highest BCUT2D eigenvalue weighted by atomic mass is 35.5. The third-order valence-electron chi connectivity index (χ3n) is 3.46. The topological polar surface area (TPSA) is 52.6 Å². The van der Waals surface area contributed by atoms with Crippen LogP contribution in [0.3, 0.4) is 0 Å². The van der Waals surface area contributed by atoms with Gasteiger partial charge in [-0.3, -0.25) is 9.69 Å². The van der Waals surface area contributed by atoms with Crippen molar-refractivity contribution in [2.24, 2.45) is 5.92 Å². The van der Waals surface area contributed by atoms with Gasteiger partial charge in [0.05, 0.1) is 0 Å². The summed E-state index contributed by atoms with van der Waals surface area (Å²) in [5.41, 5.74) is 1.18. The van der Waals surface area contributed by atoms with Crippen LogP contribution in [0.5, 0.6) is 0 Å². The Hall–Kier alpha value is -1.10. The van der Waals surface area contributed by atoms with Crippen molar-refractivity contribution < 1.29 is 9.90 Å². The van der Waals surface area contributed by atoms with Gasteiger partial charge in [0.2, 0.25) is 5.91 Å². The van der Waals surface area contributed by atoms with E-state index in [0.717, 1.165) is 24.7 Å². The van der Waals surface area contributed by atoms with E-state index in [-0.39, 0.29) is 24.5 Å². The molecular formula is C14H19ClN2O2. The number of halogens is 1. The summed E-state index contributed by atoms with van der Waals surface area (Å²) in [7, 11) is 0. The van der Waals surface area contributed by atoms with E-state index in [1.54, 1.807) is 0 Å². The van der Waals surface area contributed by atoms with Gasteiger partial charge < -0.3 is 10.4 Å². The number of benzene rings is 1. The molecule has 1 aromatic rings. The first-order valence-electron chi connectivity index (χ1n) is 6.43. The van der Waals surface area contributed by atoms with E-state index in [4.69, 9.17) is 11.6 Å². The lowest BCUT2D eigenvalue weighted by atomic mass is 10.1. The minimum Gasteiger partial charge on any atom is -0.396 e. The average molecular weight is 283 g/mol. The van der Waals surface area contributed by atoms with Gasteiger partial charge >= 0.3 is 0 Å². The second-order valence-electron chi connectivity index (χ2n) is 5.07. The number of aliphatic hydroxyl groups excluding tert-OH is 1. The molecule has 0 saturated carbocycles. The van der Waals surface area contributed by atoms with E-state index in [1.807, 2.05) is 24.3 Å². The Morgan fingerprint density at radius 3 is 2.68 bits per heavy atom. The molecule has 0 unspecified atom stereocenters. The molecule has 1 fully saturated rings. The maximum Gasteiger partial charge on any atom is 0.217 e. The molecule has 2 rings (SSSR count). The molecule has 1 heterocycles. The lowest BCUT2D eigenvalue weighted by Crippen LogP contribution is -2.40. The average Bonchev–Trinajstić information content (AvgIpc) is 2.73. The van der Waals surface area contributed by atoms with Gasteiger partial charge in [-0.2, -0.15) is 0 Å². The predicted octanol–water partition coefficient (Wildman–Crippen LogP) is 1.27. The van der Waals surface area contributed by atoms with Crippen molar-refractivity contribution in [1.82, 2.24) is 10.2 Å². The molecule has 1 amide bonds. The zero-order chi connectivity index (χ0) is 13.8. The quantitative estimate of drug-likeness (QED) is 0.874. The molecule has 4 nitrogen and oxygen atoms in total. The number of hydrogen-bond acceptors (Lipinski definition) is 3. The van der Waals surface area contributed by atoms with E-state index in [2.05, 4.69) is 10.2 Å². The fraction of sp³-hybridized carbons (Fsp3) is 0.500. The number of carbonyl (C=O) groups is 1. The van der Waals surface area contributed by atoms with Crippen LogP contribution in [0.25, 0.3) is 0 Å². The van der Waals surface area contributed by atoms with Crippen LogP contribution in [-0.2, 0) is 11.3 Å². The van der Waals surface area contributed by atoms with Crippen LogP contribution in [0.1, 0.15) is 12.5 Å². The van der Waals surface area contributed by atoms with E-state index >= 15 is 0 Å². The summed E-state index contributed by atoms with van der Waals surface area (Å²) in [6.45, 7) is 3.99. The second-order valence-corrected chi connectivity index (χ2v) is 5.51. The van der Waals surface area contributed by atoms with Gasteiger partial charge in [-0.15, -0.1) is 0 Å². The SMILES string of the molecule is CC(=O)N[C@@H]1CN(Cc2ccc(Cl)cc2)C[C@H]1CO. The molecule has 1 saturated heterocycles. The fourth-order valence-corrected chi connectivity index (χ4v) is 2.67. The molecule has 2 atom stereocenters. The summed E-state index contributed by atoms with van der Waals surface area (Å²) >= 11 is 5.86. The highest BCUT2D eigenvalue weighted by Gasteiger charge is 2.32. The molecule has 19 heavy (non-hydrogen) atoms. The van der Waals surface area contributed by atoms with Gasteiger partial charge in [-0.25, -0.2) is 0 Å². The monoisotopic (exact) mass is 282 g/mol. The number of amides is 1. The molecule has 0 bridgehead atoms. The van der Waals surface area contributed by atoms with Crippen LogP contribution < -0.4 is 5.32 Å². The van der Waals surface area contributed by atoms with Crippen molar-refractivity contribution in [2.45, 2.75) is 19.5 Å². The largest absolute Gasteiger partial charge is 0.396 e. The number of nitrogens with zero attached hydrogens (tertiary/aromatic N) is 1. The van der Waals surface area contributed by atoms with Gasteiger partial charge in [0.15, 0.2) is 0 Å². The zero-order valence-electron chi connectivity index (χ0n) is 11.0. The summed E-state index contributed by atoms with van der Waals surface area (Å²) in [6.07, 6.45) is 0. The van der Waals surface area contributed by atoms with Crippen LogP contribution >= 0.6 is 11.6 Å². The highest BCUT2D eigenvalue weighted by Crippen LogP contribution is 2.20. The van der Waals surface area contributed by atoms with Gasteiger partial charge in [0, 0.05) is 50.1 Å². The normalized spacial score (nSPS) is 23.5. The summed E-state index contributed by atoms with van der Waals surface area (Å²) in [5, 5.41) is 13.0. The van der Waals surface area contributed by atoms with E-state index in [0.29, 0.717) is 0 Å². The van der Waals surface area contributed by atoms with Crippen molar-refractivity contribution in [2.75, 3.05) is 19.7 Å². The highest BCUT2D eigenvalue weighted by molar-refractivity contribution is 6.30. The van der Waals surface area contributed by atoms with Gasteiger partial charge in [-0.05, 0) is 17.7 Å². The Bertz CT molecular complexity index is 436. The molecule has 0 spiro atoms. The zero-order valence-corrected chi connectivity index (χ0v) is 11.7. The Morgan fingerprint density at radius 2 is 2.11 bits per heavy atom. The van der Waals surface area contributed by atoms with Crippen LogP contribution in [0.15, 0.2) is 24.3 Å². The van der Waals surface area contributed by atoms with Crippen LogP contribution in [0, 0.1) is 5.92 Å². The Labute approximate surface area is 118 Å². The summed E-state index contributed by atoms with van der Waals surface area (Å²) in [4.78, 5) is 13.4. The van der Waals surface area contributed by atoms with Gasteiger partial charge in [0.25, 0.3) is 0 Å². The Morgan fingerprint density at radius 1 is 1.42 bits per heavy atom. The molecular weight excluding hydrogens is 264 g/mol. The van der Waals surface area contributed by atoms with Crippen molar-refractivity contribution in [3.8, 4) is 0 Å². The van der Waals surface area contributed by atoms with Gasteiger partial charge in [-0.1, -0.05) is 23.7 Å². The van der Waals surface area contributed by atoms with E-state index < -0.39 is 0 Å².